The van der Waals surface area contributed by atoms with Gasteiger partial charge in [0.15, 0.2) is 11.6 Å². The number of cyclic esters (lactones) is 1. The standard InChI is InChI=1S/C56H91N3O15Si/c1-35-15-11-10-12-16-41(57)30-37(3)50(63)52(69-6)51(64)38(4)31-44(58)47(61)33-48(36(2)29-40-19-22-42(23-20-40)71-26-25-70-34-49(62)72-27-28-75(7,8)9)73-55(67)45-17-13-14-24-59(45)54(66)53(65)56(68)39(5)18-21-43(74-56)32-46(35)60/h10-12,15-16,31,36-37,39-46,48,51-52,60,64,68H,13-14,17-30,32-34,57-58H2,1-9H3/b11-10+,16-12+,35-15+,38-31+/t36-,37+,39+,40-,41+,42+,43-,44+,45-,46-,48-,51+,52-,56+/m0/s1. The number of aliphatic hydroxyl groups excluding tert-OH is 2. The highest BCUT2D eigenvalue weighted by atomic mass is 28.3. The maximum atomic E-state index is 14.4. The van der Waals surface area contributed by atoms with Crippen LogP contribution in [0.3, 0.4) is 0 Å². The Bertz CT molecular complexity index is 2030. The van der Waals surface area contributed by atoms with Gasteiger partial charge in [-0.05, 0) is 114 Å². The third kappa shape index (κ3) is 19.9. The predicted molar refractivity (Wildman–Crippen MR) is 285 cm³/mol. The summed E-state index contributed by atoms with van der Waals surface area (Å²) in [4.78, 5) is 83.9. The number of hydrogen-bond donors (Lipinski definition) is 5. The molecule has 1 amide bonds. The molecule has 19 heteroatoms. The molecule has 1 aliphatic carbocycles. The number of hydrogen-bond acceptors (Lipinski definition) is 17. The van der Waals surface area contributed by atoms with Crippen LogP contribution in [0.1, 0.15) is 118 Å². The van der Waals surface area contributed by atoms with Crippen molar-refractivity contribution in [2.75, 3.05) is 40.1 Å². The number of methoxy groups -OCH3 is 1. The molecule has 3 heterocycles. The fourth-order valence-electron chi connectivity index (χ4n) is 10.3. The van der Waals surface area contributed by atoms with Gasteiger partial charge in [0.05, 0.1) is 44.2 Å². The van der Waals surface area contributed by atoms with Crippen molar-refractivity contribution < 1.29 is 72.5 Å². The Kier molecular flexibility index (Phi) is 25.8. The van der Waals surface area contributed by atoms with Crippen LogP contribution in [0.4, 0.5) is 0 Å². The number of rotatable bonds is 13. The fraction of sp³-hybridized carbons (Fsp3) is 0.750. The van der Waals surface area contributed by atoms with E-state index in [2.05, 4.69) is 19.6 Å². The molecule has 0 spiro atoms. The van der Waals surface area contributed by atoms with Crippen molar-refractivity contribution in [1.82, 2.24) is 4.90 Å². The minimum absolute atomic E-state index is 0.00749. The summed E-state index contributed by atoms with van der Waals surface area (Å²) in [7, 11) is -0.00471. The van der Waals surface area contributed by atoms with Gasteiger partial charge in [0.25, 0.3) is 11.7 Å². The topological polar surface area (TPSA) is 274 Å². The Morgan fingerprint density at radius 1 is 0.907 bits per heavy atom. The molecule has 2 bridgehead atoms. The SMILES string of the molecule is CO[C@H]1C(=O)[C@H](C)C[C@H](N)/C=C/C=C/C=C(\C)[C@@H](O)C[C@@H]2CC[C@@H](C)[C@@](O)(O2)C(=O)C(=O)N2CCCC[C@H]2C(=O)O[C@H]([C@@H](C)C[C@H]2CC[C@@H](OCCOCC(=O)OCC[Si](C)(C)C)CC2)CC(=O)[C@H](N)/C=C(\C)[C@H]1O. The molecule has 3 aliphatic heterocycles. The zero-order chi connectivity index (χ0) is 55.6. The van der Waals surface area contributed by atoms with Gasteiger partial charge in [0.1, 0.15) is 31.0 Å². The minimum Gasteiger partial charge on any atom is -0.464 e. The molecule has 7 N–H and O–H groups in total. The second kappa shape index (κ2) is 30.4. The number of fused-ring (bicyclic) bond motifs is 3. The van der Waals surface area contributed by atoms with Gasteiger partial charge in [-0.1, -0.05) is 76.9 Å². The zero-order valence-electron chi connectivity index (χ0n) is 46.2. The lowest BCUT2D eigenvalue weighted by Gasteiger charge is -2.42. The second-order valence-electron chi connectivity index (χ2n) is 22.9. The average Bonchev–Trinajstić information content (AvgIpc) is 3.36. The first-order valence-electron chi connectivity index (χ1n) is 27.3. The maximum absolute atomic E-state index is 14.4. The quantitative estimate of drug-likeness (QED) is 0.0521. The number of aliphatic hydroxyl groups is 3. The van der Waals surface area contributed by atoms with E-state index in [0.29, 0.717) is 50.9 Å². The number of piperidine rings is 1. The van der Waals surface area contributed by atoms with Crippen LogP contribution in [0.5, 0.6) is 0 Å². The molecule has 4 aliphatic rings. The summed E-state index contributed by atoms with van der Waals surface area (Å²) in [5.74, 6) is -8.47. The van der Waals surface area contributed by atoms with Crippen molar-refractivity contribution in [1.29, 1.82) is 0 Å². The third-order valence-electron chi connectivity index (χ3n) is 15.4. The van der Waals surface area contributed by atoms with Gasteiger partial charge in [-0.15, -0.1) is 0 Å². The van der Waals surface area contributed by atoms with Gasteiger partial charge in [0, 0.05) is 52.4 Å². The van der Waals surface area contributed by atoms with Crippen LogP contribution in [0.15, 0.2) is 47.6 Å². The number of nitrogens with zero attached hydrogens (tertiary/aromatic N) is 1. The van der Waals surface area contributed by atoms with Gasteiger partial charge < -0.3 is 60.1 Å². The van der Waals surface area contributed by atoms with Gasteiger partial charge in [-0.2, -0.15) is 0 Å². The molecule has 0 radical (unpaired) electrons. The van der Waals surface area contributed by atoms with Crippen LogP contribution in [-0.2, 0) is 57.2 Å². The molecule has 0 aromatic heterocycles. The molecule has 0 aromatic carbocycles. The zero-order valence-corrected chi connectivity index (χ0v) is 47.2. The number of carbonyl (C=O) groups is 6. The van der Waals surface area contributed by atoms with Crippen molar-refractivity contribution >= 4 is 43.3 Å². The number of ketones is 3. The second-order valence-corrected chi connectivity index (χ2v) is 28.5. The van der Waals surface area contributed by atoms with Gasteiger partial charge in [0.2, 0.25) is 5.79 Å². The summed E-state index contributed by atoms with van der Waals surface area (Å²) >= 11 is 0. The number of ether oxygens (including phenoxy) is 6. The van der Waals surface area contributed by atoms with Crippen LogP contribution in [0.2, 0.25) is 25.7 Å². The van der Waals surface area contributed by atoms with Gasteiger partial charge in [-0.25, -0.2) is 9.59 Å². The molecule has 1 saturated carbocycles. The number of amides is 1. The summed E-state index contributed by atoms with van der Waals surface area (Å²) in [5.41, 5.74) is 13.7. The average molecular weight is 1070 g/mol. The minimum atomic E-state index is -2.52. The maximum Gasteiger partial charge on any atom is 0.332 e. The third-order valence-corrected chi connectivity index (χ3v) is 17.1. The van der Waals surface area contributed by atoms with Gasteiger partial charge in [-0.3, -0.25) is 19.2 Å². The lowest BCUT2D eigenvalue weighted by atomic mass is 9.79. The number of esters is 2. The molecule has 424 valence electrons. The van der Waals surface area contributed by atoms with E-state index in [-0.39, 0.29) is 69.0 Å². The molecule has 0 aromatic rings. The van der Waals surface area contributed by atoms with E-state index < -0.39 is 110 Å². The van der Waals surface area contributed by atoms with Crippen molar-refractivity contribution in [2.24, 2.45) is 35.1 Å². The molecule has 3 fully saturated rings. The summed E-state index contributed by atoms with van der Waals surface area (Å²) in [5, 5.41) is 34.4. The van der Waals surface area contributed by atoms with Crippen molar-refractivity contribution in [2.45, 2.75) is 204 Å². The van der Waals surface area contributed by atoms with E-state index in [1.54, 1.807) is 58.1 Å². The Balaban J connectivity index is 1.55. The van der Waals surface area contributed by atoms with Crippen molar-refractivity contribution in [3.05, 3.63) is 47.6 Å². The Labute approximate surface area is 446 Å². The lowest BCUT2D eigenvalue weighted by Crippen LogP contribution is -2.61. The van der Waals surface area contributed by atoms with E-state index in [0.717, 1.165) is 36.6 Å². The molecule has 2 saturated heterocycles. The highest BCUT2D eigenvalue weighted by molar-refractivity contribution is 6.76. The number of carbonyl (C=O) groups excluding carboxylic acids is 6. The first-order valence-corrected chi connectivity index (χ1v) is 31.0. The fourth-order valence-corrected chi connectivity index (χ4v) is 11.0. The predicted octanol–water partition coefficient (Wildman–Crippen LogP) is 5.21. The summed E-state index contributed by atoms with van der Waals surface area (Å²) in [6, 6.07) is -2.11. The molecule has 12 atom stereocenters. The smallest absolute Gasteiger partial charge is 0.332 e. The Morgan fingerprint density at radius 3 is 2.29 bits per heavy atom. The highest BCUT2D eigenvalue weighted by Gasteiger charge is 2.53. The molecule has 4 rings (SSSR count). The molecule has 18 nitrogen and oxygen atoms in total. The van der Waals surface area contributed by atoms with Crippen LogP contribution >= 0.6 is 0 Å². The first-order chi connectivity index (χ1) is 35.3. The van der Waals surface area contributed by atoms with Crippen LogP contribution < -0.4 is 11.5 Å². The lowest BCUT2D eigenvalue weighted by molar-refractivity contribution is -0.265. The largest absolute Gasteiger partial charge is 0.464 e. The number of allylic oxidation sites excluding steroid dienone is 4. The summed E-state index contributed by atoms with van der Waals surface area (Å²) in [6.07, 6.45) is 10.1. The Hall–Kier alpha value is -3.76. The van der Waals surface area contributed by atoms with Gasteiger partial charge >= 0.3 is 11.9 Å². The van der Waals surface area contributed by atoms with Crippen molar-refractivity contribution in [3.8, 4) is 0 Å². The van der Waals surface area contributed by atoms with Crippen LogP contribution in [0.25, 0.3) is 0 Å². The van der Waals surface area contributed by atoms with E-state index in [1.807, 2.05) is 6.92 Å². The summed E-state index contributed by atoms with van der Waals surface area (Å²) < 4.78 is 34.7. The Morgan fingerprint density at radius 2 is 1.61 bits per heavy atom. The molecule has 0 unspecified atom stereocenters. The molecule has 75 heavy (non-hydrogen) atoms. The van der Waals surface area contributed by atoms with Crippen molar-refractivity contribution in [3.63, 3.8) is 0 Å². The van der Waals surface area contributed by atoms with E-state index in [9.17, 15) is 44.1 Å². The number of Topliss-reactive ketones (excluding diaryl/α,β-unsaturated/α-hetero) is 3. The normalized spacial score (nSPS) is 35.8. The molecular weight excluding hydrogens is 983 g/mol. The first kappa shape index (κ1) is 63.8. The van der Waals surface area contributed by atoms with E-state index >= 15 is 0 Å². The summed E-state index contributed by atoms with van der Waals surface area (Å²) in [6.45, 7) is 16.0. The van der Waals surface area contributed by atoms with E-state index in [4.69, 9.17) is 39.9 Å². The number of nitrogens with two attached hydrogens (primary N) is 2. The monoisotopic (exact) mass is 1070 g/mol. The highest BCUT2D eigenvalue weighted by Crippen LogP contribution is 2.37. The molecular formula is C56H91N3O15Si. The van der Waals surface area contributed by atoms with Crippen LogP contribution in [-0.4, -0.2) is 164 Å². The van der Waals surface area contributed by atoms with E-state index in [1.165, 1.54) is 13.2 Å². The van der Waals surface area contributed by atoms with Crippen LogP contribution in [0, 0.1) is 23.7 Å².